The van der Waals surface area contributed by atoms with Crippen LogP contribution in [0.25, 0.3) is 11.4 Å². The molecule has 0 unspecified atom stereocenters. The number of hydrogen-bond acceptors (Lipinski definition) is 5. The van der Waals surface area contributed by atoms with Crippen LogP contribution in [0, 0.1) is 6.92 Å². The number of benzene rings is 1. The number of nitrogens with one attached hydrogen (secondary N) is 1. The molecule has 9 heteroatoms. The van der Waals surface area contributed by atoms with Gasteiger partial charge in [0.05, 0.1) is 27.8 Å². The van der Waals surface area contributed by atoms with Crippen molar-refractivity contribution in [3.63, 3.8) is 0 Å². The molecule has 26 heavy (non-hydrogen) atoms. The third kappa shape index (κ3) is 3.90. The highest BCUT2D eigenvalue weighted by Crippen LogP contribution is 2.29. The van der Waals surface area contributed by atoms with Crippen LogP contribution < -0.4 is 5.32 Å². The Morgan fingerprint density at radius 1 is 1.31 bits per heavy atom. The van der Waals surface area contributed by atoms with Crippen molar-refractivity contribution >= 4 is 46.6 Å². The van der Waals surface area contributed by atoms with Gasteiger partial charge in [0.1, 0.15) is 5.76 Å². The first-order valence-electron chi connectivity index (χ1n) is 7.73. The van der Waals surface area contributed by atoms with Crippen molar-refractivity contribution in [1.82, 2.24) is 14.8 Å². The van der Waals surface area contributed by atoms with Gasteiger partial charge in [-0.15, -0.1) is 10.2 Å². The average Bonchev–Trinajstić information content (AvgIpc) is 3.16. The molecule has 0 saturated heterocycles. The predicted molar refractivity (Wildman–Crippen MR) is 104 cm³/mol. The van der Waals surface area contributed by atoms with Crippen LogP contribution >= 0.6 is 35.0 Å². The Labute approximate surface area is 164 Å². The summed E-state index contributed by atoms with van der Waals surface area (Å²) in [7, 11) is 1.85. The summed E-state index contributed by atoms with van der Waals surface area (Å²) in [5, 5.41) is 12.3. The third-order valence-electron chi connectivity index (χ3n) is 3.78. The quantitative estimate of drug-likeness (QED) is 0.610. The van der Waals surface area contributed by atoms with Crippen molar-refractivity contribution in [3.05, 3.63) is 46.3 Å². The number of aromatic nitrogens is 3. The molecule has 0 aliphatic rings. The number of amides is 1. The Morgan fingerprint density at radius 3 is 2.73 bits per heavy atom. The molecule has 3 rings (SSSR count). The summed E-state index contributed by atoms with van der Waals surface area (Å²) in [5.41, 5.74) is 1.39. The fourth-order valence-electron chi connectivity index (χ4n) is 2.31. The molecule has 136 valence electrons. The SMILES string of the molecule is Cc1occc1-c1nnc(S[C@H](C)C(=O)Nc2ccc(Cl)cc2Cl)n1C. The predicted octanol–water partition coefficient (Wildman–Crippen LogP) is 4.81. The minimum Gasteiger partial charge on any atom is -0.469 e. The van der Waals surface area contributed by atoms with Crippen molar-refractivity contribution in [2.24, 2.45) is 7.05 Å². The van der Waals surface area contributed by atoms with E-state index in [1.807, 2.05) is 24.6 Å². The largest absolute Gasteiger partial charge is 0.469 e. The smallest absolute Gasteiger partial charge is 0.237 e. The van der Waals surface area contributed by atoms with Crippen LogP contribution in [0.1, 0.15) is 12.7 Å². The second-order valence-corrected chi connectivity index (χ2v) is 7.78. The van der Waals surface area contributed by atoms with Crippen LogP contribution in [-0.2, 0) is 11.8 Å². The van der Waals surface area contributed by atoms with Crippen molar-refractivity contribution in [2.45, 2.75) is 24.3 Å². The van der Waals surface area contributed by atoms with Gasteiger partial charge in [0.15, 0.2) is 11.0 Å². The molecule has 0 aliphatic carbocycles. The molecule has 0 radical (unpaired) electrons. The minimum absolute atomic E-state index is 0.191. The van der Waals surface area contributed by atoms with E-state index in [-0.39, 0.29) is 5.91 Å². The average molecular weight is 411 g/mol. The van der Waals surface area contributed by atoms with Gasteiger partial charge in [-0.1, -0.05) is 35.0 Å². The zero-order valence-electron chi connectivity index (χ0n) is 14.3. The lowest BCUT2D eigenvalue weighted by Crippen LogP contribution is -2.23. The van der Waals surface area contributed by atoms with E-state index in [4.69, 9.17) is 27.6 Å². The molecule has 2 aromatic heterocycles. The van der Waals surface area contributed by atoms with Crippen LogP contribution in [-0.4, -0.2) is 25.9 Å². The lowest BCUT2D eigenvalue weighted by atomic mass is 10.2. The number of carbonyl (C=O) groups excluding carboxylic acids is 1. The van der Waals surface area contributed by atoms with Gasteiger partial charge >= 0.3 is 0 Å². The number of furan rings is 1. The van der Waals surface area contributed by atoms with E-state index in [9.17, 15) is 4.79 Å². The van der Waals surface area contributed by atoms with Gasteiger partial charge in [0.2, 0.25) is 5.91 Å². The molecule has 1 N–H and O–H groups in total. The Balaban J connectivity index is 1.72. The first-order chi connectivity index (χ1) is 12.4. The van der Waals surface area contributed by atoms with Crippen LogP contribution in [0.15, 0.2) is 40.1 Å². The number of nitrogens with zero attached hydrogens (tertiary/aromatic N) is 3. The summed E-state index contributed by atoms with van der Waals surface area (Å²) in [4.78, 5) is 12.5. The van der Waals surface area contributed by atoms with E-state index in [1.165, 1.54) is 11.8 Å². The van der Waals surface area contributed by atoms with Crippen molar-refractivity contribution in [1.29, 1.82) is 0 Å². The van der Waals surface area contributed by atoms with Crippen LogP contribution in [0.5, 0.6) is 0 Å². The molecule has 1 aromatic carbocycles. The highest BCUT2D eigenvalue weighted by molar-refractivity contribution is 8.00. The fourth-order valence-corrected chi connectivity index (χ4v) is 3.58. The Hall–Kier alpha value is -1.96. The van der Waals surface area contributed by atoms with Gasteiger partial charge in [-0.3, -0.25) is 4.79 Å². The van der Waals surface area contributed by atoms with Gasteiger partial charge in [-0.25, -0.2) is 0 Å². The third-order valence-corrected chi connectivity index (χ3v) is 5.46. The van der Waals surface area contributed by atoms with Crippen molar-refractivity contribution in [3.8, 4) is 11.4 Å². The molecule has 6 nitrogen and oxygen atoms in total. The van der Waals surface area contributed by atoms with Gasteiger partial charge in [-0.2, -0.15) is 0 Å². The molecular formula is C17H16Cl2N4O2S. The number of hydrogen-bond donors (Lipinski definition) is 1. The van der Waals surface area contributed by atoms with Crippen molar-refractivity contribution < 1.29 is 9.21 Å². The molecule has 0 saturated carbocycles. The van der Waals surface area contributed by atoms with E-state index in [2.05, 4.69) is 15.5 Å². The lowest BCUT2D eigenvalue weighted by Gasteiger charge is -2.12. The molecule has 0 bridgehead atoms. The van der Waals surface area contributed by atoms with Crippen molar-refractivity contribution in [2.75, 3.05) is 5.32 Å². The number of anilines is 1. The van der Waals surface area contributed by atoms with E-state index in [1.54, 1.807) is 31.4 Å². The summed E-state index contributed by atoms with van der Waals surface area (Å²) in [5.74, 6) is 1.26. The number of thioether (sulfide) groups is 1. The number of aryl methyl sites for hydroxylation is 1. The Morgan fingerprint density at radius 2 is 2.08 bits per heavy atom. The second kappa shape index (κ2) is 7.73. The molecule has 1 atom stereocenters. The molecule has 3 aromatic rings. The van der Waals surface area contributed by atoms with Gasteiger partial charge in [-0.05, 0) is 38.1 Å². The van der Waals surface area contributed by atoms with E-state index in [0.29, 0.717) is 26.7 Å². The summed E-state index contributed by atoms with van der Waals surface area (Å²) >= 11 is 13.3. The maximum atomic E-state index is 12.5. The number of halogens is 2. The summed E-state index contributed by atoms with van der Waals surface area (Å²) in [6.45, 7) is 3.66. The first kappa shape index (κ1) is 18.8. The molecule has 0 spiro atoms. The Kier molecular flexibility index (Phi) is 5.60. The van der Waals surface area contributed by atoms with Gasteiger partial charge < -0.3 is 14.3 Å². The summed E-state index contributed by atoms with van der Waals surface area (Å²) in [6, 6.07) is 6.76. The number of rotatable bonds is 5. The van der Waals surface area contributed by atoms with Crippen LogP contribution in [0.4, 0.5) is 5.69 Å². The highest BCUT2D eigenvalue weighted by Gasteiger charge is 2.21. The van der Waals surface area contributed by atoms with E-state index in [0.717, 1.165) is 11.3 Å². The normalized spacial score (nSPS) is 12.2. The maximum Gasteiger partial charge on any atom is 0.237 e. The van der Waals surface area contributed by atoms with E-state index >= 15 is 0 Å². The van der Waals surface area contributed by atoms with Gasteiger partial charge in [0, 0.05) is 12.1 Å². The molecule has 0 fully saturated rings. The van der Waals surface area contributed by atoms with Crippen LogP contribution in [0.2, 0.25) is 10.0 Å². The van der Waals surface area contributed by atoms with E-state index < -0.39 is 5.25 Å². The minimum atomic E-state index is -0.400. The molecule has 0 aliphatic heterocycles. The Bertz CT molecular complexity index is 954. The maximum absolute atomic E-state index is 12.5. The highest BCUT2D eigenvalue weighted by atomic mass is 35.5. The summed E-state index contributed by atoms with van der Waals surface area (Å²) in [6.07, 6.45) is 1.61. The second-order valence-electron chi connectivity index (χ2n) is 5.63. The summed E-state index contributed by atoms with van der Waals surface area (Å²) < 4.78 is 7.15. The number of carbonyl (C=O) groups is 1. The molecule has 1 amide bonds. The molecule has 2 heterocycles. The standard InChI is InChI=1S/C17H16Cl2N4O2S/c1-9-12(6-7-25-9)15-21-22-17(23(15)3)26-10(2)16(24)20-14-5-4-11(18)8-13(14)19/h4-8,10H,1-3H3,(H,20,24)/t10-/m1/s1. The monoisotopic (exact) mass is 410 g/mol. The topological polar surface area (TPSA) is 72.9 Å². The van der Waals surface area contributed by atoms with Gasteiger partial charge in [0.25, 0.3) is 0 Å². The lowest BCUT2D eigenvalue weighted by molar-refractivity contribution is -0.115. The van der Waals surface area contributed by atoms with Crippen LogP contribution in [0.3, 0.4) is 0 Å². The zero-order chi connectivity index (χ0) is 18.8. The fraction of sp³-hybridized carbons (Fsp3) is 0.235. The zero-order valence-corrected chi connectivity index (χ0v) is 16.6. The molecular weight excluding hydrogens is 395 g/mol. The first-order valence-corrected chi connectivity index (χ1v) is 9.37.